The van der Waals surface area contributed by atoms with Crippen LogP contribution in [0.25, 0.3) is 11.2 Å². The van der Waals surface area contributed by atoms with Crippen molar-refractivity contribution in [3.63, 3.8) is 0 Å². The molecule has 0 radical (unpaired) electrons. The largest absolute Gasteiger partial charge is 0.340 e. The topological polar surface area (TPSA) is 66.9 Å². The number of nitrogens with one attached hydrogen (secondary N) is 1. The first kappa shape index (κ1) is 17.4. The molecule has 0 amide bonds. The van der Waals surface area contributed by atoms with E-state index in [4.69, 9.17) is 4.84 Å². The van der Waals surface area contributed by atoms with E-state index in [0.29, 0.717) is 18.8 Å². The molecule has 132 valence electrons. The van der Waals surface area contributed by atoms with Crippen LogP contribution in [-0.2, 0) is 17.8 Å². The van der Waals surface area contributed by atoms with E-state index in [-0.39, 0.29) is 0 Å². The van der Waals surface area contributed by atoms with Gasteiger partial charge in [0.25, 0.3) is 0 Å². The molecule has 1 N–H and O–H groups in total. The highest BCUT2D eigenvalue weighted by Crippen LogP contribution is 2.23. The van der Waals surface area contributed by atoms with Gasteiger partial charge < -0.3 is 4.98 Å². The van der Waals surface area contributed by atoms with Crippen molar-refractivity contribution in [3.05, 3.63) is 48.0 Å². The standard InChI is InChI=1S/C19H25N5O/c1-3-5-8-11-25-24(12-16-10-7-6-9-15(16)4-2)19-17-18(21-13-20-17)22-14-23-19/h6-7,9-10,13-14H,3-5,8,11-12H2,1-2H3,(H,20,21,22,23). The lowest BCUT2D eigenvalue weighted by atomic mass is 10.1. The van der Waals surface area contributed by atoms with Gasteiger partial charge >= 0.3 is 0 Å². The normalized spacial score (nSPS) is 11.1. The van der Waals surface area contributed by atoms with E-state index in [1.807, 2.05) is 5.06 Å². The Morgan fingerprint density at radius 3 is 2.68 bits per heavy atom. The van der Waals surface area contributed by atoms with E-state index in [2.05, 4.69) is 58.0 Å². The SMILES string of the molecule is CCCCCON(Cc1ccccc1CC)c1ncnc2nc[nH]c12. The molecular formula is C19H25N5O. The Morgan fingerprint density at radius 2 is 1.88 bits per heavy atom. The van der Waals surface area contributed by atoms with Crippen molar-refractivity contribution in [1.82, 2.24) is 19.9 Å². The van der Waals surface area contributed by atoms with Crippen LogP contribution in [0.3, 0.4) is 0 Å². The molecule has 0 unspecified atom stereocenters. The molecule has 0 fully saturated rings. The number of rotatable bonds is 9. The molecule has 6 nitrogen and oxygen atoms in total. The van der Waals surface area contributed by atoms with Gasteiger partial charge in [0.05, 0.1) is 19.5 Å². The molecule has 0 atom stereocenters. The van der Waals surface area contributed by atoms with Gasteiger partial charge in [-0.3, -0.25) is 4.84 Å². The molecule has 0 aliphatic heterocycles. The summed E-state index contributed by atoms with van der Waals surface area (Å²) >= 11 is 0. The van der Waals surface area contributed by atoms with Gasteiger partial charge in [-0.15, -0.1) is 0 Å². The molecule has 25 heavy (non-hydrogen) atoms. The predicted octanol–water partition coefficient (Wildman–Crippen LogP) is 4.04. The zero-order valence-corrected chi connectivity index (χ0v) is 14.9. The third-order valence-electron chi connectivity index (χ3n) is 4.25. The summed E-state index contributed by atoms with van der Waals surface area (Å²) in [7, 11) is 0. The molecule has 2 aromatic heterocycles. The Kier molecular flexibility index (Phi) is 5.95. The lowest BCUT2D eigenvalue weighted by molar-refractivity contribution is 0.0993. The van der Waals surface area contributed by atoms with Crippen molar-refractivity contribution in [2.45, 2.75) is 46.1 Å². The molecule has 0 aliphatic carbocycles. The van der Waals surface area contributed by atoms with E-state index in [9.17, 15) is 0 Å². The molecule has 1 aromatic carbocycles. The Bertz CT molecular complexity index is 801. The van der Waals surface area contributed by atoms with Crippen molar-refractivity contribution < 1.29 is 4.84 Å². The van der Waals surface area contributed by atoms with Gasteiger partial charge in [-0.2, -0.15) is 0 Å². The second-order valence-electron chi connectivity index (χ2n) is 6.00. The Labute approximate surface area is 148 Å². The van der Waals surface area contributed by atoms with Crippen LogP contribution in [0.4, 0.5) is 5.82 Å². The fraction of sp³-hybridized carbons (Fsp3) is 0.421. The molecule has 0 saturated carbocycles. The highest BCUT2D eigenvalue weighted by molar-refractivity contribution is 5.82. The summed E-state index contributed by atoms with van der Waals surface area (Å²) in [4.78, 5) is 22.1. The van der Waals surface area contributed by atoms with Gasteiger partial charge in [0.1, 0.15) is 11.8 Å². The Hall–Kier alpha value is -2.47. The second-order valence-corrected chi connectivity index (χ2v) is 6.00. The average Bonchev–Trinajstić information content (AvgIpc) is 3.13. The van der Waals surface area contributed by atoms with Gasteiger partial charge in [0, 0.05) is 0 Å². The van der Waals surface area contributed by atoms with Crippen LogP contribution in [0, 0.1) is 0 Å². The number of nitrogens with zero attached hydrogens (tertiary/aromatic N) is 4. The van der Waals surface area contributed by atoms with Crippen LogP contribution in [0.5, 0.6) is 0 Å². The first-order valence-corrected chi connectivity index (χ1v) is 8.94. The van der Waals surface area contributed by atoms with Crippen LogP contribution >= 0.6 is 0 Å². The number of unbranched alkanes of at least 4 members (excludes halogenated alkanes) is 2. The number of hydrogen-bond acceptors (Lipinski definition) is 5. The number of aryl methyl sites for hydroxylation is 1. The van der Waals surface area contributed by atoms with Crippen LogP contribution < -0.4 is 5.06 Å². The monoisotopic (exact) mass is 339 g/mol. The minimum Gasteiger partial charge on any atom is -0.340 e. The minimum atomic E-state index is 0.640. The van der Waals surface area contributed by atoms with Crippen molar-refractivity contribution in [2.75, 3.05) is 11.7 Å². The molecule has 3 rings (SSSR count). The highest BCUT2D eigenvalue weighted by Gasteiger charge is 2.16. The lowest BCUT2D eigenvalue weighted by Gasteiger charge is -2.24. The minimum absolute atomic E-state index is 0.640. The number of aromatic amines is 1. The predicted molar refractivity (Wildman–Crippen MR) is 99.2 cm³/mol. The zero-order valence-electron chi connectivity index (χ0n) is 14.9. The zero-order chi connectivity index (χ0) is 17.5. The summed E-state index contributed by atoms with van der Waals surface area (Å²) in [5.74, 6) is 0.727. The van der Waals surface area contributed by atoms with Gasteiger partial charge in [0.15, 0.2) is 11.5 Å². The van der Waals surface area contributed by atoms with E-state index in [1.54, 1.807) is 6.33 Å². The molecular weight excluding hydrogens is 314 g/mol. The number of anilines is 1. The number of fused-ring (bicyclic) bond motifs is 1. The molecule has 0 aliphatic rings. The number of hydrogen-bond donors (Lipinski definition) is 1. The number of imidazole rings is 1. The first-order valence-electron chi connectivity index (χ1n) is 8.94. The third-order valence-corrected chi connectivity index (χ3v) is 4.25. The first-order chi connectivity index (χ1) is 12.3. The fourth-order valence-corrected chi connectivity index (χ4v) is 2.86. The Balaban J connectivity index is 1.88. The van der Waals surface area contributed by atoms with Crippen LogP contribution in [0.15, 0.2) is 36.9 Å². The van der Waals surface area contributed by atoms with Crippen molar-refractivity contribution in [1.29, 1.82) is 0 Å². The number of aromatic nitrogens is 4. The summed E-state index contributed by atoms with van der Waals surface area (Å²) < 4.78 is 0. The van der Waals surface area contributed by atoms with E-state index >= 15 is 0 Å². The van der Waals surface area contributed by atoms with Gasteiger partial charge in [0.2, 0.25) is 0 Å². The molecule has 0 bridgehead atoms. The van der Waals surface area contributed by atoms with Crippen molar-refractivity contribution >= 4 is 17.0 Å². The highest BCUT2D eigenvalue weighted by atomic mass is 16.7. The molecule has 6 heteroatoms. The van der Waals surface area contributed by atoms with Gasteiger partial charge in [-0.05, 0) is 24.0 Å². The maximum Gasteiger partial charge on any atom is 0.182 e. The fourth-order valence-electron chi connectivity index (χ4n) is 2.86. The van der Waals surface area contributed by atoms with Gasteiger partial charge in [-0.25, -0.2) is 20.0 Å². The Morgan fingerprint density at radius 1 is 1.04 bits per heavy atom. The van der Waals surface area contributed by atoms with E-state index < -0.39 is 0 Å². The van der Waals surface area contributed by atoms with Crippen LogP contribution in [0.2, 0.25) is 0 Å². The van der Waals surface area contributed by atoms with Crippen LogP contribution in [0.1, 0.15) is 44.2 Å². The smallest absolute Gasteiger partial charge is 0.182 e. The van der Waals surface area contributed by atoms with Crippen molar-refractivity contribution in [2.24, 2.45) is 0 Å². The summed E-state index contributed by atoms with van der Waals surface area (Å²) in [6.07, 6.45) is 7.51. The van der Waals surface area contributed by atoms with Crippen LogP contribution in [-0.4, -0.2) is 26.5 Å². The van der Waals surface area contributed by atoms with Gasteiger partial charge in [-0.1, -0.05) is 51.0 Å². The molecule has 3 aromatic rings. The second kappa shape index (κ2) is 8.58. The summed E-state index contributed by atoms with van der Waals surface area (Å²) in [5.41, 5.74) is 4.01. The van der Waals surface area contributed by atoms with E-state index in [1.165, 1.54) is 23.9 Å². The number of H-pyrrole nitrogens is 1. The maximum atomic E-state index is 6.11. The van der Waals surface area contributed by atoms with Crippen molar-refractivity contribution in [3.8, 4) is 0 Å². The molecule has 0 spiro atoms. The lowest BCUT2D eigenvalue weighted by Crippen LogP contribution is -2.25. The molecule has 0 saturated heterocycles. The summed E-state index contributed by atoms with van der Waals surface area (Å²) in [5, 5.41) is 1.87. The third kappa shape index (κ3) is 4.14. The number of benzene rings is 1. The maximum absolute atomic E-state index is 6.11. The summed E-state index contributed by atoms with van der Waals surface area (Å²) in [6, 6.07) is 8.45. The van der Waals surface area contributed by atoms with E-state index in [0.717, 1.165) is 30.6 Å². The quantitative estimate of drug-likeness (QED) is 0.471. The summed E-state index contributed by atoms with van der Waals surface area (Å²) in [6.45, 7) is 5.67. The average molecular weight is 339 g/mol. The molecule has 2 heterocycles. The number of hydroxylamine groups is 1.